The Balaban J connectivity index is 1.63. The fourth-order valence-corrected chi connectivity index (χ4v) is 1.84. The van der Waals surface area contributed by atoms with E-state index >= 15 is 0 Å². The predicted octanol–water partition coefficient (Wildman–Crippen LogP) is 1.75. The molecule has 0 fully saturated rings. The van der Waals surface area contributed by atoms with Crippen LogP contribution in [0.2, 0.25) is 0 Å². The number of unbranched alkanes of at least 4 members (excludes halogenated alkanes) is 1. The number of hydrogen-bond acceptors (Lipinski definition) is 5. The molecule has 1 N–H and O–H groups in total. The summed E-state index contributed by atoms with van der Waals surface area (Å²) in [7, 11) is 0. The van der Waals surface area contributed by atoms with Crippen molar-refractivity contribution in [2.24, 2.45) is 0 Å². The van der Waals surface area contributed by atoms with Gasteiger partial charge in [-0.15, -0.1) is 10.2 Å². The zero-order valence-electron chi connectivity index (χ0n) is 12.5. The van der Waals surface area contributed by atoms with E-state index in [2.05, 4.69) is 27.7 Å². The van der Waals surface area contributed by atoms with Gasteiger partial charge >= 0.3 is 0 Å². The van der Waals surface area contributed by atoms with Crippen molar-refractivity contribution >= 4 is 0 Å². The number of ether oxygens (including phenoxy) is 1. The molecule has 0 saturated heterocycles. The lowest BCUT2D eigenvalue weighted by Gasteiger charge is -2.05. The van der Waals surface area contributed by atoms with Gasteiger partial charge in [0.25, 0.3) is 0 Å². The molecule has 0 unspecified atom stereocenters. The van der Waals surface area contributed by atoms with Crippen LogP contribution in [0.5, 0.6) is 0 Å². The second kappa shape index (κ2) is 9.20. The summed E-state index contributed by atoms with van der Waals surface area (Å²) >= 11 is 0. The number of nitrogens with zero attached hydrogens (tertiary/aromatic N) is 4. The number of hydrogen-bond donors (Lipinski definition) is 1. The highest BCUT2D eigenvalue weighted by molar-refractivity contribution is 5.52. The van der Waals surface area contributed by atoms with Crippen LogP contribution in [0, 0.1) is 0 Å². The third kappa shape index (κ3) is 5.61. The van der Waals surface area contributed by atoms with E-state index in [0.717, 1.165) is 38.3 Å². The highest BCUT2D eigenvalue weighted by atomic mass is 16.5. The lowest BCUT2D eigenvalue weighted by molar-refractivity contribution is 0.133. The van der Waals surface area contributed by atoms with Gasteiger partial charge in [0.1, 0.15) is 0 Å². The minimum absolute atomic E-state index is 0.665. The van der Waals surface area contributed by atoms with Gasteiger partial charge in [-0.05, 0) is 11.6 Å². The van der Waals surface area contributed by atoms with Gasteiger partial charge in [-0.3, -0.25) is 0 Å². The van der Waals surface area contributed by atoms with Crippen molar-refractivity contribution in [3.8, 4) is 11.4 Å². The molecule has 1 aromatic carbocycles. The van der Waals surface area contributed by atoms with Gasteiger partial charge in [0, 0.05) is 25.3 Å². The van der Waals surface area contributed by atoms with E-state index in [1.54, 1.807) is 4.80 Å². The molecule has 2 aromatic rings. The molecule has 1 heterocycles. The largest absolute Gasteiger partial charge is 0.380 e. The van der Waals surface area contributed by atoms with Gasteiger partial charge in [-0.1, -0.05) is 43.7 Å². The Morgan fingerprint density at radius 2 is 2.00 bits per heavy atom. The predicted molar refractivity (Wildman–Crippen MR) is 81.8 cm³/mol. The molecule has 0 aliphatic heterocycles. The summed E-state index contributed by atoms with van der Waals surface area (Å²) in [5, 5.41) is 15.8. The zero-order chi connectivity index (χ0) is 14.8. The van der Waals surface area contributed by atoms with Crippen molar-refractivity contribution in [2.45, 2.75) is 26.3 Å². The maximum atomic E-state index is 5.48. The Morgan fingerprint density at radius 1 is 1.14 bits per heavy atom. The molecule has 0 atom stereocenters. The van der Waals surface area contributed by atoms with Crippen molar-refractivity contribution in [1.82, 2.24) is 25.5 Å². The Bertz CT molecular complexity index is 500. The van der Waals surface area contributed by atoms with Crippen molar-refractivity contribution in [1.29, 1.82) is 0 Å². The number of tetrazole rings is 1. The standard InChI is InChI=1S/C15H23N5O/c1-2-3-12-21-13-10-16-9-11-20-18-15(17-19-20)14-7-5-4-6-8-14/h4-8,16H,2-3,9-13H2,1H3. The van der Waals surface area contributed by atoms with Gasteiger partial charge in [0.05, 0.1) is 13.2 Å². The van der Waals surface area contributed by atoms with Crippen LogP contribution >= 0.6 is 0 Å². The third-order valence-electron chi connectivity index (χ3n) is 3.04. The lowest BCUT2D eigenvalue weighted by Crippen LogP contribution is -2.25. The maximum Gasteiger partial charge on any atom is 0.204 e. The summed E-state index contributed by atoms with van der Waals surface area (Å²) in [5.74, 6) is 0.665. The summed E-state index contributed by atoms with van der Waals surface area (Å²) in [6.45, 7) is 6.13. The fraction of sp³-hybridized carbons (Fsp3) is 0.533. The highest BCUT2D eigenvalue weighted by Crippen LogP contribution is 2.11. The Morgan fingerprint density at radius 3 is 2.81 bits per heavy atom. The number of aromatic nitrogens is 4. The van der Waals surface area contributed by atoms with E-state index in [1.165, 1.54) is 6.42 Å². The number of nitrogens with one attached hydrogen (secondary N) is 1. The minimum atomic E-state index is 0.665. The van der Waals surface area contributed by atoms with E-state index in [4.69, 9.17) is 4.74 Å². The Hall–Kier alpha value is -1.79. The number of benzene rings is 1. The minimum Gasteiger partial charge on any atom is -0.380 e. The van der Waals surface area contributed by atoms with Gasteiger partial charge in [-0.2, -0.15) is 4.80 Å². The normalized spacial score (nSPS) is 10.9. The zero-order valence-corrected chi connectivity index (χ0v) is 12.5. The highest BCUT2D eigenvalue weighted by Gasteiger charge is 2.04. The van der Waals surface area contributed by atoms with Crippen LogP contribution in [-0.4, -0.2) is 46.5 Å². The average molecular weight is 289 g/mol. The summed E-state index contributed by atoms with van der Waals surface area (Å²) in [6, 6.07) is 9.87. The van der Waals surface area contributed by atoms with Gasteiger partial charge in [-0.25, -0.2) is 0 Å². The van der Waals surface area contributed by atoms with Gasteiger partial charge < -0.3 is 10.1 Å². The van der Waals surface area contributed by atoms with Crippen molar-refractivity contribution in [3.63, 3.8) is 0 Å². The first kappa shape index (κ1) is 15.6. The topological polar surface area (TPSA) is 64.9 Å². The average Bonchev–Trinajstić information content (AvgIpc) is 3.00. The van der Waals surface area contributed by atoms with Crippen molar-refractivity contribution in [3.05, 3.63) is 30.3 Å². The monoisotopic (exact) mass is 289 g/mol. The Labute approximate surface area is 125 Å². The van der Waals surface area contributed by atoms with E-state index in [1.807, 2.05) is 30.3 Å². The molecule has 6 nitrogen and oxygen atoms in total. The summed E-state index contributed by atoms with van der Waals surface area (Å²) < 4.78 is 5.48. The molecule has 2 rings (SSSR count). The molecule has 0 bridgehead atoms. The van der Waals surface area contributed by atoms with Crippen LogP contribution in [0.25, 0.3) is 11.4 Å². The number of rotatable bonds is 10. The van der Waals surface area contributed by atoms with Gasteiger partial charge in [0.15, 0.2) is 0 Å². The molecule has 0 aliphatic rings. The first-order valence-electron chi connectivity index (χ1n) is 7.52. The smallest absolute Gasteiger partial charge is 0.204 e. The summed E-state index contributed by atoms with van der Waals surface area (Å²) in [5.41, 5.74) is 0.987. The van der Waals surface area contributed by atoms with E-state index < -0.39 is 0 Å². The first-order chi connectivity index (χ1) is 10.4. The van der Waals surface area contributed by atoms with E-state index in [0.29, 0.717) is 12.4 Å². The van der Waals surface area contributed by atoms with Crippen molar-refractivity contribution in [2.75, 3.05) is 26.3 Å². The fourth-order valence-electron chi connectivity index (χ4n) is 1.84. The lowest BCUT2D eigenvalue weighted by atomic mass is 10.2. The summed E-state index contributed by atoms with van der Waals surface area (Å²) in [6.07, 6.45) is 2.31. The van der Waals surface area contributed by atoms with Crippen LogP contribution in [0.3, 0.4) is 0 Å². The second-order valence-electron chi connectivity index (χ2n) is 4.79. The molecule has 1 aromatic heterocycles. The maximum absolute atomic E-state index is 5.48. The molecule has 0 radical (unpaired) electrons. The van der Waals surface area contributed by atoms with Gasteiger partial charge in [0.2, 0.25) is 5.82 Å². The van der Waals surface area contributed by atoms with E-state index in [-0.39, 0.29) is 0 Å². The molecule has 0 aliphatic carbocycles. The molecule has 0 amide bonds. The molecule has 0 spiro atoms. The SMILES string of the molecule is CCCCOCCNCCn1nnc(-c2ccccc2)n1. The summed E-state index contributed by atoms with van der Waals surface area (Å²) in [4.78, 5) is 1.62. The van der Waals surface area contributed by atoms with Crippen LogP contribution in [-0.2, 0) is 11.3 Å². The molecule has 6 heteroatoms. The molecule has 0 saturated carbocycles. The van der Waals surface area contributed by atoms with Crippen LogP contribution in [0.4, 0.5) is 0 Å². The molecular weight excluding hydrogens is 266 g/mol. The molecule has 21 heavy (non-hydrogen) atoms. The van der Waals surface area contributed by atoms with Crippen LogP contribution in [0.15, 0.2) is 30.3 Å². The molecular formula is C15H23N5O. The van der Waals surface area contributed by atoms with Crippen LogP contribution in [0.1, 0.15) is 19.8 Å². The second-order valence-corrected chi connectivity index (χ2v) is 4.79. The third-order valence-corrected chi connectivity index (χ3v) is 3.04. The molecule has 114 valence electrons. The Kier molecular flexibility index (Phi) is 6.83. The first-order valence-corrected chi connectivity index (χ1v) is 7.52. The quantitative estimate of drug-likeness (QED) is 0.675. The van der Waals surface area contributed by atoms with E-state index in [9.17, 15) is 0 Å². The van der Waals surface area contributed by atoms with Crippen LogP contribution < -0.4 is 5.32 Å². The van der Waals surface area contributed by atoms with Crippen molar-refractivity contribution < 1.29 is 4.74 Å².